The number of rotatable bonds is 6. The van der Waals surface area contributed by atoms with Crippen molar-refractivity contribution in [3.63, 3.8) is 0 Å². The molecule has 2 aromatic carbocycles. The predicted octanol–water partition coefficient (Wildman–Crippen LogP) is 3.35. The van der Waals surface area contributed by atoms with Gasteiger partial charge in [0.1, 0.15) is 5.82 Å². The molecule has 1 atom stereocenters. The lowest BCUT2D eigenvalue weighted by molar-refractivity contribution is 0.0941. The Morgan fingerprint density at radius 3 is 2.42 bits per heavy atom. The first-order chi connectivity index (χ1) is 15.7. The van der Waals surface area contributed by atoms with Gasteiger partial charge in [-0.2, -0.15) is 0 Å². The van der Waals surface area contributed by atoms with E-state index in [0.29, 0.717) is 5.52 Å². The maximum Gasteiger partial charge on any atom is 0.261 e. The van der Waals surface area contributed by atoms with Crippen molar-refractivity contribution < 1.29 is 17.6 Å². The van der Waals surface area contributed by atoms with Gasteiger partial charge in [0.2, 0.25) is 5.56 Å². The molecule has 33 heavy (non-hydrogen) atoms. The minimum absolute atomic E-state index is 0.0356. The number of aromatic nitrogens is 2. The number of fused-ring (bicyclic) bond motifs is 1. The average Bonchev–Trinajstić information content (AvgIpc) is 2.80. The van der Waals surface area contributed by atoms with Gasteiger partial charge in [-0.25, -0.2) is 12.8 Å². The summed E-state index contributed by atoms with van der Waals surface area (Å²) in [4.78, 5) is 31.5. The highest BCUT2D eigenvalue weighted by molar-refractivity contribution is 7.92. The van der Waals surface area contributed by atoms with E-state index < -0.39 is 27.3 Å². The fourth-order valence-electron chi connectivity index (χ4n) is 3.33. The summed E-state index contributed by atoms with van der Waals surface area (Å²) in [5.74, 6) is -1.03. The number of benzene rings is 2. The van der Waals surface area contributed by atoms with Gasteiger partial charge in [-0.15, -0.1) is 0 Å². The second kappa shape index (κ2) is 8.83. The summed E-state index contributed by atoms with van der Waals surface area (Å²) >= 11 is 0. The number of carbonyl (C=O) groups is 1. The van der Waals surface area contributed by atoms with E-state index in [1.165, 1.54) is 30.3 Å². The number of nitrogens with zero attached hydrogens (tertiary/aromatic N) is 1. The van der Waals surface area contributed by atoms with Crippen molar-refractivity contribution in [2.45, 2.75) is 17.9 Å². The van der Waals surface area contributed by atoms with Gasteiger partial charge in [0, 0.05) is 35.1 Å². The first kappa shape index (κ1) is 22.2. The van der Waals surface area contributed by atoms with Crippen molar-refractivity contribution in [3.8, 4) is 0 Å². The topological polar surface area (TPSA) is 121 Å². The van der Waals surface area contributed by atoms with E-state index in [4.69, 9.17) is 0 Å². The highest BCUT2D eigenvalue weighted by Crippen LogP contribution is 2.23. The Bertz CT molecular complexity index is 1490. The molecule has 4 aromatic rings. The van der Waals surface area contributed by atoms with Crippen molar-refractivity contribution in [2.75, 3.05) is 4.72 Å². The number of anilines is 1. The Balaban J connectivity index is 1.70. The molecule has 0 radical (unpaired) electrons. The normalized spacial score (nSPS) is 12.3. The van der Waals surface area contributed by atoms with Gasteiger partial charge in [0.05, 0.1) is 16.5 Å². The lowest BCUT2D eigenvalue weighted by Crippen LogP contribution is -2.28. The number of halogens is 1. The van der Waals surface area contributed by atoms with Gasteiger partial charge < -0.3 is 10.3 Å². The molecule has 3 N–H and O–H groups in total. The summed E-state index contributed by atoms with van der Waals surface area (Å²) in [6, 6.07) is 13.2. The van der Waals surface area contributed by atoms with Crippen LogP contribution in [-0.2, 0) is 10.0 Å². The van der Waals surface area contributed by atoms with Crippen LogP contribution < -0.4 is 15.6 Å². The van der Waals surface area contributed by atoms with Crippen molar-refractivity contribution in [3.05, 3.63) is 100 Å². The molecule has 0 unspecified atom stereocenters. The van der Waals surface area contributed by atoms with Gasteiger partial charge in [-0.05, 0) is 67.1 Å². The molecular formula is C23H19FN4O4S. The molecule has 0 aliphatic rings. The predicted molar refractivity (Wildman–Crippen MR) is 122 cm³/mol. The molecule has 0 saturated heterocycles. The van der Waals surface area contributed by atoms with Crippen molar-refractivity contribution in [2.24, 2.45) is 0 Å². The van der Waals surface area contributed by atoms with Gasteiger partial charge >= 0.3 is 0 Å². The SMILES string of the molecule is C[C@@H](NC(=O)c1cc(=O)[nH]c2ccc(S(=O)(=O)Nc3ccc(F)cc3)cc12)c1ccncc1. The highest BCUT2D eigenvalue weighted by Gasteiger charge is 2.19. The monoisotopic (exact) mass is 466 g/mol. The molecule has 0 saturated carbocycles. The Hall–Kier alpha value is -4.05. The van der Waals surface area contributed by atoms with E-state index in [2.05, 4.69) is 20.0 Å². The summed E-state index contributed by atoms with van der Waals surface area (Å²) in [6.45, 7) is 1.78. The quantitative estimate of drug-likeness (QED) is 0.402. The third-order valence-electron chi connectivity index (χ3n) is 5.02. The van der Waals surface area contributed by atoms with Gasteiger partial charge in [0.15, 0.2) is 0 Å². The van der Waals surface area contributed by atoms with Gasteiger partial charge in [-0.1, -0.05) is 0 Å². The standard InChI is InChI=1S/C23H19FN4O4S/c1-14(15-8-10-25-11-9-15)26-23(30)20-13-22(29)27-21-7-6-18(12-19(20)21)33(31,32)28-17-4-2-16(24)3-5-17/h2-14,28H,1H3,(H,26,30)(H,27,29)/t14-/m1/s1. The Kier molecular flexibility index (Phi) is 5.93. The zero-order valence-electron chi connectivity index (χ0n) is 17.4. The Morgan fingerprint density at radius 1 is 1.03 bits per heavy atom. The smallest absolute Gasteiger partial charge is 0.261 e. The van der Waals surface area contributed by atoms with Crippen LogP contribution in [0.1, 0.15) is 28.9 Å². The van der Waals surface area contributed by atoms with Crippen LogP contribution in [0, 0.1) is 5.82 Å². The number of amides is 1. The van der Waals surface area contributed by atoms with Gasteiger partial charge in [-0.3, -0.25) is 19.3 Å². The van der Waals surface area contributed by atoms with Crippen molar-refractivity contribution in [1.29, 1.82) is 0 Å². The zero-order valence-corrected chi connectivity index (χ0v) is 18.2. The van der Waals surface area contributed by atoms with Crippen LogP contribution in [0.25, 0.3) is 10.9 Å². The maximum absolute atomic E-state index is 13.1. The van der Waals surface area contributed by atoms with Crippen LogP contribution in [0.4, 0.5) is 10.1 Å². The molecule has 8 nitrogen and oxygen atoms in total. The summed E-state index contributed by atoms with van der Waals surface area (Å²) in [5.41, 5.74) is 0.851. The van der Waals surface area contributed by atoms with Gasteiger partial charge in [0.25, 0.3) is 15.9 Å². The molecular weight excluding hydrogens is 447 g/mol. The van der Waals surface area contributed by atoms with E-state index >= 15 is 0 Å². The summed E-state index contributed by atoms with van der Waals surface area (Å²) in [5, 5.41) is 3.08. The molecule has 0 fully saturated rings. The summed E-state index contributed by atoms with van der Waals surface area (Å²) < 4.78 is 41.2. The first-order valence-electron chi connectivity index (χ1n) is 9.89. The van der Waals surface area contributed by atoms with Crippen molar-refractivity contribution in [1.82, 2.24) is 15.3 Å². The zero-order chi connectivity index (χ0) is 23.6. The number of hydrogen-bond donors (Lipinski definition) is 3. The summed E-state index contributed by atoms with van der Waals surface area (Å²) in [6.07, 6.45) is 3.21. The summed E-state index contributed by atoms with van der Waals surface area (Å²) in [7, 11) is -4.04. The molecule has 0 bridgehead atoms. The van der Waals surface area contributed by atoms with Crippen LogP contribution in [0.15, 0.2) is 82.7 Å². The number of carbonyl (C=O) groups excluding carboxylic acids is 1. The van der Waals surface area contributed by atoms with E-state index in [1.807, 2.05) is 0 Å². The largest absolute Gasteiger partial charge is 0.345 e. The second-order valence-corrected chi connectivity index (χ2v) is 9.03. The molecule has 168 valence electrons. The van der Waals surface area contributed by atoms with Crippen LogP contribution >= 0.6 is 0 Å². The van der Waals surface area contributed by atoms with Crippen LogP contribution in [-0.4, -0.2) is 24.3 Å². The number of sulfonamides is 1. The van der Waals surface area contributed by atoms with E-state index in [1.54, 1.807) is 31.5 Å². The molecule has 0 aliphatic heterocycles. The third-order valence-corrected chi connectivity index (χ3v) is 6.40. The van der Waals surface area contributed by atoms with Crippen LogP contribution in [0.2, 0.25) is 0 Å². The second-order valence-electron chi connectivity index (χ2n) is 7.34. The van der Waals surface area contributed by atoms with E-state index in [0.717, 1.165) is 23.8 Å². The molecule has 2 aromatic heterocycles. The van der Waals surface area contributed by atoms with Crippen LogP contribution in [0.5, 0.6) is 0 Å². The third kappa shape index (κ3) is 4.90. The number of aromatic amines is 1. The number of nitrogens with one attached hydrogen (secondary N) is 3. The minimum Gasteiger partial charge on any atom is -0.345 e. The number of pyridine rings is 2. The fourth-order valence-corrected chi connectivity index (χ4v) is 4.41. The lowest BCUT2D eigenvalue weighted by atomic mass is 10.1. The Morgan fingerprint density at radius 2 is 1.73 bits per heavy atom. The highest BCUT2D eigenvalue weighted by atomic mass is 32.2. The molecule has 1 amide bonds. The Labute approximate surface area is 188 Å². The number of hydrogen-bond acceptors (Lipinski definition) is 5. The average molecular weight is 466 g/mol. The fraction of sp³-hybridized carbons (Fsp3) is 0.0870. The maximum atomic E-state index is 13.1. The molecule has 4 rings (SSSR count). The van der Waals surface area contributed by atoms with E-state index in [9.17, 15) is 22.4 Å². The first-order valence-corrected chi connectivity index (χ1v) is 11.4. The van der Waals surface area contributed by atoms with E-state index in [-0.39, 0.29) is 27.6 Å². The molecule has 10 heteroatoms. The lowest BCUT2D eigenvalue weighted by Gasteiger charge is -2.15. The molecule has 2 heterocycles. The van der Waals surface area contributed by atoms with Crippen LogP contribution in [0.3, 0.4) is 0 Å². The number of H-pyrrole nitrogens is 1. The molecule has 0 aliphatic carbocycles. The van der Waals surface area contributed by atoms with Crippen molar-refractivity contribution >= 4 is 32.5 Å². The molecule has 0 spiro atoms. The minimum atomic E-state index is -4.04.